The van der Waals surface area contributed by atoms with Crippen LogP contribution in [0.1, 0.15) is 42.0 Å². The van der Waals surface area contributed by atoms with E-state index in [1.165, 1.54) is 33.5 Å². The highest BCUT2D eigenvalue weighted by Crippen LogP contribution is 2.43. The van der Waals surface area contributed by atoms with E-state index in [-0.39, 0.29) is 0 Å². The molecule has 4 heteroatoms. The number of hydrogen-bond acceptors (Lipinski definition) is 4. The van der Waals surface area contributed by atoms with Crippen molar-refractivity contribution in [3.63, 3.8) is 0 Å². The maximum absolute atomic E-state index is 9.43. The molecule has 0 amide bonds. The molecule has 3 aromatic rings. The Kier molecular flexibility index (Phi) is 5.03. The van der Waals surface area contributed by atoms with Crippen LogP contribution < -0.4 is 15.4 Å². The summed E-state index contributed by atoms with van der Waals surface area (Å²) in [6, 6.07) is 21.2. The first kappa shape index (κ1) is 19.5. The van der Waals surface area contributed by atoms with Crippen LogP contribution in [-0.4, -0.2) is 19.2 Å². The Bertz CT molecular complexity index is 1180. The summed E-state index contributed by atoms with van der Waals surface area (Å²) in [7, 11) is 0. The highest BCUT2D eigenvalue weighted by atomic mass is 16.5. The van der Waals surface area contributed by atoms with Crippen LogP contribution in [0.2, 0.25) is 0 Å². The third-order valence-electron chi connectivity index (χ3n) is 6.72. The van der Waals surface area contributed by atoms with Gasteiger partial charge in [0.05, 0.1) is 11.7 Å². The zero-order valence-electron chi connectivity index (χ0n) is 17.9. The first-order valence-corrected chi connectivity index (χ1v) is 11.1. The van der Waals surface area contributed by atoms with Crippen LogP contribution >= 0.6 is 0 Å². The van der Waals surface area contributed by atoms with Gasteiger partial charge in [0.1, 0.15) is 24.0 Å². The predicted octanol–water partition coefficient (Wildman–Crippen LogP) is 5.32. The Morgan fingerprint density at radius 3 is 2.81 bits per heavy atom. The first-order chi connectivity index (χ1) is 15.2. The van der Waals surface area contributed by atoms with Crippen LogP contribution in [-0.2, 0) is 12.8 Å². The molecule has 5 rings (SSSR count). The van der Waals surface area contributed by atoms with Gasteiger partial charge < -0.3 is 15.4 Å². The minimum Gasteiger partial charge on any atom is -0.490 e. The molecule has 3 aromatic carbocycles. The Hall–Kier alpha value is -3.45. The van der Waals surface area contributed by atoms with Gasteiger partial charge in [0.15, 0.2) is 0 Å². The number of hydrogen-bond donors (Lipinski definition) is 1. The van der Waals surface area contributed by atoms with Crippen LogP contribution in [0, 0.1) is 11.3 Å². The van der Waals surface area contributed by atoms with E-state index in [1.54, 1.807) is 6.07 Å². The van der Waals surface area contributed by atoms with E-state index in [4.69, 9.17) is 10.5 Å². The van der Waals surface area contributed by atoms with Gasteiger partial charge in [-0.3, -0.25) is 0 Å². The van der Waals surface area contributed by atoms with Crippen molar-refractivity contribution in [1.29, 1.82) is 5.26 Å². The van der Waals surface area contributed by atoms with Crippen molar-refractivity contribution < 1.29 is 4.74 Å². The molecule has 1 aliphatic heterocycles. The van der Waals surface area contributed by atoms with Crippen molar-refractivity contribution in [3.8, 4) is 22.9 Å². The molecule has 0 saturated carbocycles. The fourth-order valence-corrected chi connectivity index (χ4v) is 5.23. The van der Waals surface area contributed by atoms with Gasteiger partial charge in [-0.1, -0.05) is 43.3 Å². The van der Waals surface area contributed by atoms with Gasteiger partial charge in [0.25, 0.3) is 0 Å². The summed E-state index contributed by atoms with van der Waals surface area (Å²) in [6.07, 6.45) is 4.28. The summed E-state index contributed by atoms with van der Waals surface area (Å²) in [4.78, 5) is 2.51. The Labute approximate surface area is 183 Å². The lowest BCUT2D eigenvalue weighted by atomic mass is 9.96. The summed E-state index contributed by atoms with van der Waals surface area (Å²) < 4.78 is 6.12. The maximum Gasteiger partial charge on any atom is 0.139 e. The van der Waals surface area contributed by atoms with Gasteiger partial charge in [-0.15, -0.1) is 0 Å². The lowest BCUT2D eigenvalue weighted by Crippen LogP contribution is -2.35. The molecule has 156 valence electrons. The van der Waals surface area contributed by atoms with Crippen molar-refractivity contribution in [2.45, 2.75) is 38.6 Å². The fourth-order valence-electron chi connectivity index (χ4n) is 5.23. The monoisotopic (exact) mass is 409 g/mol. The molecular formula is C27H27N3O. The number of nitrogen functional groups attached to an aromatic ring is 1. The van der Waals surface area contributed by atoms with Crippen LogP contribution in [0.3, 0.4) is 0 Å². The molecule has 0 aromatic heterocycles. The normalized spacial score (nSPS) is 16.6. The largest absolute Gasteiger partial charge is 0.490 e. The third-order valence-corrected chi connectivity index (χ3v) is 6.72. The second-order valence-corrected chi connectivity index (χ2v) is 8.41. The molecule has 1 fully saturated rings. The van der Waals surface area contributed by atoms with E-state index in [1.807, 2.05) is 12.1 Å². The van der Waals surface area contributed by atoms with Crippen molar-refractivity contribution in [2.75, 3.05) is 23.8 Å². The predicted molar refractivity (Wildman–Crippen MR) is 125 cm³/mol. The van der Waals surface area contributed by atoms with E-state index in [0.717, 1.165) is 32.2 Å². The minimum absolute atomic E-state index is 0.292. The highest BCUT2D eigenvalue weighted by Gasteiger charge is 2.30. The second-order valence-electron chi connectivity index (χ2n) is 8.41. The second kappa shape index (κ2) is 8.00. The molecular weight excluding hydrogens is 382 g/mol. The van der Waals surface area contributed by atoms with Gasteiger partial charge >= 0.3 is 0 Å². The zero-order chi connectivity index (χ0) is 21.4. The number of rotatable bonds is 5. The lowest BCUT2D eigenvalue weighted by Gasteiger charge is -2.30. The number of ether oxygens (including phenoxy) is 1. The molecule has 2 aliphatic rings. The molecule has 0 spiro atoms. The number of fused-ring (bicyclic) bond motifs is 3. The molecule has 1 saturated heterocycles. The average molecular weight is 410 g/mol. The van der Waals surface area contributed by atoms with E-state index in [9.17, 15) is 5.26 Å². The molecule has 4 nitrogen and oxygen atoms in total. The van der Waals surface area contributed by atoms with E-state index >= 15 is 0 Å². The van der Waals surface area contributed by atoms with Crippen LogP contribution in [0.4, 0.5) is 11.4 Å². The number of nitrogens with zero attached hydrogens (tertiary/aromatic N) is 2. The summed E-state index contributed by atoms with van der Waals surface area (Å²) in [5.74, 6) is 0.578. The third kappa shape index (κ3) is 3.31. The maximum atomic E-state index is 9.43. The summed E-state index contributed by atoms with van der Waals surface area (Å²) in [5.41, 5.74) is 15.3. The smallest absolute Gasteiger partial charge is 0.139 e. The average Bonchev–Trinajstić information content (AvgIpc) is 3.41. The number of benzene rings is 3. The molecule has 0 unspecified atom stereocenters. The Balaban J connectivity index is 1.42. The van der Waals surface area contributed by atoms with Gasteiger partial charge in [0, 0.05) is 12.2 Å². The lowest BCUT2D eigenvalue weighted by molar-refractivity contribution is 0.288. The topological polar surface area (TPSA) is 62.3 Å². The summed E-state index contributed by atoms with van der Waals surface area (Å²) >= 11 is 0. The minimum atomic E-state index is 0.292. The van der Waals surface area contributed by atoms with Crippen LogP contribution in [0.25, 0.3) is 11.1 Å². The number of nitriles is 1. The van der Waals surface area contributed by atoms with Crippen molar-refractivity contribution >= 4 is 11.4 Å². The Morgan fingerprint density at radius 2 is 1.97 bits per heavy atom. The Morgan fingerprint density at radius 1 is 1.10 bits per heavy atom. The summed E-state index contributed by atoms with van der Waals surface area (Å²) in [6.45, 7) is 3.85. The molecule has 1 atom stereocenters. The highest BCUT2D eigenvalue weighted by molar-refractivity contribution is 5.81. The van der Waals surface area contributed by atoms with Gasteiger partial charge in [-0.05, 0) is 71.7 Å². The van der Waals surface area contributed by atoms with Gasteiger partial charge in [0.2, 0.25) is 0 Å². The number of nitrogens with two attached hydrogens (primary N) is 1. The SMILES string of the molecule is CCc1c(N2CCC[C@@H]2COc2cccc(N)c2C#N)ccc2c1Cc1ccccc1-2. The molecule has 0 radical (unpaired) electrons. The summed E-state index contributed by atoms with van der Waals surface area (Å²) in [5, 5.41) is 9.43. The van der Waals surface area contributed by atoms with Gasteiger partial charge in [-0.25, -0.2) is 0 Å². The zero-order valence-corrected chi connectivity index (χ0v) is 17.9. The van der Waals surface area contributed by atoms with E-state index in [0.29, 0.717) is 29.6 Å². The molecule has 2 N–H and O–H groups in total. The molecule has 31 heavy (non-hydrogen) atoms. The van der Waals surface area contributed by atoms with Crippen molar-refractivity contribution in [1.82, 2.24) is 0 Å². The van der Waals surface area contributed by atoms with E-state index in [2.05, 4.69) is 54.3 Å². The van der Waals surface area contributed by atoms with E-state index < -0.39 is 0 Å². The molecule has 1 aliphatic carbocycles. The quantitative estimate of drug-likeness (QED) is 0.453. The van der Waals surface area contributed by atoms with Crippen molar-refractivity contribution in [3.05, 3.63) is 76.9 Å². The standard InChI is InChI=1S/C27H27N3O/c1-2-20-23-15-18-7-3-4-9-21(18)22(23)12-13-26(20)30-14-6-8-19(30)17-31-27-11-5-10-25(29)24(27)16-28/h3-5,7,9-13,19H,2,6,8,14-15,17,29H2,1H3/t19-/m1/s1. The van der Waals surface area contributed by atoms with Crippen LogP contribution in [0.15, 0.2) is 54.6 Å². The first-order valence-electron chi connectivity index (χ1n) is 11.1. The molecule has 1 heterocycles. The van der Waals surface area contributed by atoms with Crippen LogP contribution in [0.5, 0.6) is 5.75 Å². The van der Waals surface area contributed by atoms with Gasteiger partial charge in [-0.2, -0.15) is 5.26 Å². The van der Waals surface area contributed by atoms with Crippen molar-refractivity contribution in [2.24, 2.45) is 0 Å². The molecule has 0 bridgehead atoms. The number of anilines is 2. The fraction of sp³-hybridized carbons (Fsp3) is 0.296.